The zero-order valence-corrected chi connectivity index (χ0v) is 12.7. The molecule has 1 heterocycles. The highest BCUT2D eigenvalue weighted by Gasteiger charge is 2.21. The van der Waals surface area contributed by atoms with E-state index in [0.29, 0.717) is 0 Å². The molecule has 0 saturated heterocycles. The van der Waals surface area contributed by atoms with E-state index in [1.165, 1.54) is 24.0 Å². The molecule has 2 aliphatic rings. The summed E-state index contributed by atoms with van der Waals surface area (Å²) >= 11 is 0. The van der Waals surface area contributed by atoms with Crippen molar-refractivity contribution in [2.75, 3.05) is 18.4 Å². The fraction of sp³-hybridized carbons (Fsp3) is 0.368. The Morgan fingerprint density at radius 2 is 1.95 bits per heavy atom. The van der Waals surface area contributed by atoms with Crippen LogP contribution in [0.15, 0.2) is 48.5 Å². The van der Waals surface area contributed by atoms with E-state index in [4.69, 9.17) is 4.74 Å². The van der Waals surface area contributed by atoms with Gasteiger partial charge >= 0.3 is 0 Å². The van der Waals surface area contributed by atoms with Crippen LogP contribution in [0.2, 0.25) is 0 Å². The summed E-state index contributed by atoms with van der Waals surface area (Å²) in [6.07, 6.45) is 3.87. The van der Waals surface area contributed by atoms with Crippen LogP contribution in [0.1, 0.15) is 30.1 Å². The van der Waals surface area contributed by atoms with E-state index < -0.39 is 0 Å². The first kappa shape index (κ1) is 13.6. The van der Waals surface area contributed by atoms with E-state index in [1.54, 1.807) is 0 Å². The molecule has 3 heteroatoms. The Bertz CT molecular complexity index is 637. The monoisotopic (exact) mass is 294 g/mol. The first-order valence-corrected chi connectivity index (χ1v) is 8.20. The molecule has 0 aromatic heterocycles. The molecule has 0 radical (unpaired) electrons. The van der Waals surface area contributed by atoms with Crippen LogP contribution in [0.5, 0.6) is 5.75 Å². The average molecular weight is 294 g/mol. The van der Waals surface area contributed by atoms with Gasteiger partial charge in [0.25, 0.3) is 0 Å². The molecule has 1 atom stereocenters. The number of benzene rings is 2. The minimum absolute atomic E-state index is 0.0936. The summed E-state index contributed by atoms with van der Waals surface area (Å²) in [5.74, 6) is 0.957. The van der Waals surface area contributed by atoms with Gasteiger partial charge in [0.15, 0.2) is 0 Å². The molecule has 2 aromatic rings. The second-order valence-electron chi connectivity index (χ2n) is 6.21. The molecule has 3 nitrogen and oxygen atoms in total. The molecule has 0 spiro atoms. The highest BCUT2D eigenvalue weighted by Crippen LogP contribution is 2.34. The predicted octanol–water partition coefficient (Wildman–Crippen LogP) is 3.53. The Balaban J connectivity index is 1.42. The van der Waals surface area contributed by atoms with E-state index >= 15 is 0 Å². The largest absolute Gasteiger partial charge is 0.482 e. The molecule has 2 N–H and O–H groups in total. The lowest BCUT2D eigenvalue weighted by molar-refractivity contribution is 0.210. The van der Waals surface area contributed by atoms with Crippen LogP contribution >= 0.6 is 0 Å². The van der Waals surface area contributed by atoms with Crippen LogP contribution in [0.4, 0.5) is 5.69 Å². The molecule has 1 aliphatic carbocycles. The van der Waals surface area contributed by atoms with E-state index in [1.807, 2.05) is 6.07 Å². The van der Waals surface area contributed by atoms with E-state index in [0.717, 1.165) is 37.0 Å². The van der Waals surface area contributed by atoms with Crippen molar-refractivity contribution in [2.24, 2.45) is 0 Å². The molecule has 22 heavy (non-hydrogen) atoms. The number of hydrogen-bond acceptors (Lipinski definition) is 3. The van der Waals surface area contributed by atoms with Crippen molar-refractivity contribution in [2.45, 2.75) is 31.4 Å². The number of hydrogen-bond donors (Lipinski definition) is 2. The maximum absolute atomic E-state index is 6.15. The summed E-state index contributed by atoms with van der Waals surface area (Å²) < 4.78 is 6.15. The van der Waals surface area contributed by atoms with Crippen molar-refractivity contribution in [3.63, 3.8) is 0 Å². The second kappa shape index (κ2) is 6.01. The number of ether oxygens (including phenoxy) is 1. The van der Waals surface area contributed by atoms with Crippen LogP contribution in [-0.2, 0) is 6.42 Å². The predicted molar refractivity (Wildman–Crippen MR) is 89.5 cm³/mol. The Morgan fingerprint density at radius 1 is 1.09 bits per heavy atom. The van der Waals surface area contributed by atoms with E-state index in [-0.39, 0.29) is 6.10 Å². The zero-order valence-electron chi connectivity index (χ0n) is 12.7. The molecule has 4 rings (SSSR count). The van der Waals surface area contributed by atoms with Gasteiger partial charge in [-0.05, 0) is 49.1 Å². The van der Waals surface area contributed by atoms with Gasteiger partial charge in [-0.25, -0.2) is 0 Å². The summed E-state index contributed by atoms with van der Waals surface area (Å²) in [6.45, 7) is 1.89. The molecule has 1 aliphatic heterocycles. The van der Waals surface area contributed by atoms with Gasteiger partial charge in [-0.1, -0.05) is 36.4 Å². The van der Waals surface area contributed by atoms with Gasteiger partial charge < -0.3 is 15.4 Å². The van der Waals surface area contributed by atoms with Gasteiger partial charge in [0.05, 0.1) is 12.2 Å². The Labute approximate surface area is 131 Å². The summed E-state index contributed by atoms with van der Waals surface area (Å²) in [6, 6.07) is 17.7. The van der Waals surface area contributed by atoms with Gasteiger partial charge in [0, 0.05) is 6.04 Å². The average Bonchev–Trinajstić information content (AvgIpc) is 3.39. The van der Waals surface area contributed by atoms with E-state index in [9.17, 15) is 0 Å². The normalized spacial score (nSPS) is 19.9. The Hall–Kier alpha value is -2.00. The van der Waals surface area contributed by atoms with Crippen molar-refractivity contribution < 1.29 is 4.74 Å². The molecule has 0 amide bonds. The van der Waals surface area contributed by atoms with Crippen LogP contribution < -0.4 is 15.4 Å². The maximum Gasteiger partial charge on any atom is 0.143 e. The summed E-state index contributed by atoms with van der Waals surface area (Å²) in [5, 5.41) is 7.08. The summed E-state index contributed by atoms with van der Waals surface area (Å²) in [5.41, 5.74) is 3.70. The van der Waals surface area contributed by atoms with Crippen LogP contribution in [-0.4, -0.2) is 19.1 Å². The molecular formula is C19H22N2O. The van der Waals surface area contributed by atoms with Crippen molar-refractivity contribution in [3.05, 3.63) is 59.7 Å². The second-order valence-corrected chi connectivity index (χ2v) is 6.21. The van der Waals surface area contributed by atoms with Crippen molar-refractivity contribution in [1.29, 1.82) is 0 Å². The number of fused-ring (bicyclic) bond motifs is 1. The molecule has 1 unspecified atom stereocenters. The van der Waals surface area contributed by atoms with Crippen LogP contribution in [0, 0.1) is 0 Å². The maximum atomic E-state index is 6.15. The Morgan fingerprint density at radius 3 is 2.77 bits per heavy atom. The van der Waals surface area contributed by atoms with Gasteiger partial charge in [-0.3, -0.25) is 0 Å². The Kier molecular flexibility index (Phi) is 3.73. The summed E-state index contributed by atoms with van der Waals surface area (Å²) in [4.78, 5) is 0. The number of anilines is 1. The van der Waals surface area contributed by atoms with Gasteiger partial charge in [0.2, 0.25) is 0 Å². The summed E-state index contributed by atoms with van der Waals surface area (Å²) in [7, 11) is 0. The quantitative estimate of drug-likeness (QED) is 0.885. The van der Waals surface area contributed by atoms with Gasteiger partial charge in [0.1, 0.15) is 11.9 Å². The van der Waals surface area contributed by atoms with Crippen LogP contribution in [0.3, 0.4) is 0 Å². The first-order valence-electron chi connectivity index (χ1n) is 8.20. The molecule has 114 valence electrons. The molecule has 2 aromatic carbocycles. The lowest BCUT2D eigenvalue weighted by atomic mass is 10.1. The van der Waals surface area contributed by atoms with E-state index in [2.05, 4.69) is 53.1 Å². The van der Waals surface area contributed by atoms with Crippen molar-refractivity contribution >= 4 is 5.69 Å². The fourth-order valence-electron chi connectivity index (χ4n) is 2.93. The fourth-order valence-corrected chi connectivity index (χ4v) is 2.93. The lowest BCUT2D eigenvalue weighted by Crippen LogP contribution is -2.24. The lowest BCUT2D eigenvalue weighted by Gasteiger charge is -2.28. The number of nitrogens with one attached hydrogen (secondary N) is 2. The smallest absolute Gasteiger partial charge is 0.143 e. The SMILES string of the molecule is c1ccc(C2CNc3cc(CCNC4CC4)ccc3O2)cc1. The first-order chi connectivity index (χ1) is 10.9. The molecular weight excluding hydrogens is 272 g/mol. The van der Waals surface area contributed by atoms with Gasteiger partial charge in [-0.15, -0.1) is 0 Å². The van der Waals surface area contributed by atoms with Crippen molar-refractivity contribution in [3.8, 4) is 5.75 Å². The highest BCUT2D eigenvalue weighted by atomic mass is 16.5. The third-order valence-corrected chi connectivity index (χ3v) is 4.39. The minimum Gasteiger partial charge on any atom is -0.482 e. The molecule has 1 fully saturated rings. The topological polar surface area (TPSA) is 33.3 Å². The standard InChI is InChI=1S/C19H22N2O/c1-2-4-15(5-3-1)19-13-21-17-12-14(6-9-18(17)22-19)10-11-20-16-7-8-16/h1-6,9,12,16,19-21H,7-8,10-11,13H2. The third-order valence-electron chi connectivity index (χ3n) is 4.39. The van der Waals surface area contributed by atoms with Crippen molar-refractivity contribution in [1.82, 2.24) is 5.32 Å². The highest BCUT2D eigenvalue weighted by molar-refractivity contribution is 5.60. The molecule has 0 bridgehead atoms. The number of rotatable bonds is 5. The van der Waals surface area contributed by atoms with Crippen LogP contribution in [0.25, 0.3) is 0 Å². The minimum atomic E-state index is 0.0936. The zero-order chi connectivity index (χ0) is 14.8. The third kappa shape index (κ3) is 3.09. The van der Waals surface area contributed by atoms with Gasteiger partial charge in [-0.2, -0.15) is 0 Å². The molecule has 1 saturated carbocycles.